The molecule has 5 heterocycles. The molecular formula is C28H27N5O4. The fourth-order valence-electron chi connectivity index (χ4n) is 5.25. The Morgan fingerprint density at radius 1 is 1.08 bits per heavy atom. The molecule has 2 aliphatic heterocycles. The van der Waals surface area contributed by atoms with Gasteiger partial charge in [0.25, 0.3) is 11.8 Å². The predicted molar refractivity (Wildman–Crippen MR) is 138 cm³/mol. The Kier molecular flexibility index (Phi) is 5.01. The Morgan fingerprint density at radius 3 is 2.65 bits per heavy atom. The van der Waals surface area contributed by atoms with Crippen LogP contribution in [0.25, 0.3) is 27.7 Å². The molecule has 0 saturated heterocycles. The first-order valence-electron chi connectivity index (χ1n) is 12.2. The molecule has 1 aromatic carbocycles. The van der Waals surface area contributed by atoms with Crippen LogP contribution >= 0.6 is 0 Å². The van der Waals surface area contributed by atoms with Crippen molar-refractivity contribution in [1.29, 1.82) is 0 Å². The summed E-state index contributed by atoms with van der Waals surface area (Å²) >= 11 is 0. The highest BCUT2D eigenvalue weighted by molar-refractivity contribution is 6.49. The van der Waals surface area contributed by atoms with Gasteiger partial charge in [-0.15, -0.1) is 0 Å². The van der Waals surface area contributed by atoms with Crippen molar-refractivity contribution in [1.82, 2.24) is 24.2 Å². The number of amides is 3. The summed E-state index contributed by atoms with van der Waals surface area (Å²) in [5, 5.41) is 3.36. The normalized spacial score (nSPS) is 16.1. The summed E-state index contributed by atoms with van der Waals surface area (Å²) in [4.78, 5) is 45.3. The molecule has 1 N–H and O–H groups in total. The molecular weight excluding hydrogens is 470 g/mol. The van der Waals surface area contributed by atoms with Gasteiger partial charge >= 0.3 is 6.09 Å². The van der Waals surface area contributed by atoms with E-state index in [1.54, 1.807) is 11.1 Å². The SMILES string of the molecule is Cc1cc2c3c(c1)c(C1=C(c4cnc5ccccn45)C(=O)NC1=O)cn3CCN(C(=O)OC(C)(C)C)C2. The zero-order chi connectivity index (χ0) is 26.1. The monoisotopic (exact) mass is 497 g/mol. The molecule has 37 heavy (non-hydrogen) atoms. The van der Waals surface area contributed by atoms with Crippen molar-refractivity contribution in [2.75, 3.05) is 6.54 Å². The molecule has 2 aliphatic rings. The number of benzene rings is 1. The van der Waals surface area contributed by atoms with E-state index in [0.29, 0.717) is 47.7 Å². The minimum Gasteiger partial charge on any atom is -0.444 e. The summed E-state index contributed by atoms with van der Waals surface area (Å²) in [6.07, 6.45) is 5.02. The first kappa shape index (κ1) is 23.0. The lowest BCUT2D eigenvalue weighted by Crippen LogP contribution is -2.37. The van der Waals surface area contributed by atoms with Crippen molar-refractivity contribution < 1.29 is 19.1 Å². The van der Waals surface area contributed by atoms with Crippen LogP contribution < -0.4 is 5.32 Å². The fourth-order valence-corrected chi connectivity index (χ4v) is 5.25. The number of imidazole rings is 1. The van der Waals surface area contributed by atoms with Gasteiger partial charge in [0.15, 0.2) is 0 Å². The number of carbonyl (C=O) groups is 3. The van der Waals surface area contributed by atoms with E-state index in [1.165, 1.54) is 0 Å². The van der Waals surface area contributed by atoms with Crippen molar-refractivity contribution in [3.05, 3.63) is 71.3 Å². The minimum atomic E-state index is -0.586. The summed E-state index contributed by atoms with van der Waals surface area (Å²) < 4.78 is 9.51. The van der Waals surface area contributed by atoms with Gasteiger partial charge in [0, 0.05) is 36.4 Å². The van der Waals surface area contributed by atoms with E-state index in [2.05, 4.69) is 20.9 Å². The lowest BCUT2D eigenvalue weighted by Gasteiger charge is -2.26. The Hall–Kier alpha value is -4.40. The van der Waals surface area contributed by atoms with Gasteiger partial charge in [0.2, 0.25) is 0 Å². The molecule has 0 bridgehead atoms. The first-order chi connectivity index (χ1) is 17.6. The molecule has 9 heteroatoms. The van der Waals surface area contributed by atoms with Gasteiger partial charge in [-0.2, -0.15) is 0 Å². The number of nitrogens with zero attached hydrogens (tertiary/aromatic N) is 4. The Bertz CT molecular complexity index is 1670. The molecule has 0 fully saturated rings. The Morgan fingerprint density at radius 2 is 1.86 bits per heavy atom. The summed E-state index contributed by atoms with van der Waals surface area (Å²) in [6, 6.07) is 9.67. The second-order valence-electron chi connectivity index (χ2n) is 10.6. The maximum Gasteiger partial charge on any atom is 0.410 e. The smallest absolute Gasteiger partial charge is 0.410 e. The molecule has 0 atom stereocenters. The highest BCUT2D eigenvalue weighted by atomic mass is 16.6. The third kappa shape index (κ3) is 3.78. The highest BCUT2D eigenvalue weighted by Gasteiger charge is 2.36. The zero-order valence-electron chi connectivity index (χ0n) is 21.2. The molecule has 9 nitrogen and oxygen atoms in total. The van der Waals surface area contributed by atoms with Gasteiger partial charge in [-0.05, 0) is 51.5 Å². The standard InChI is InChI=1S/C28H27N5O4/c1-16-11-17-14-32(27(36)37-28(2,3)4)10-9-31-15-19(18(12-16)24(17)31)22-23(26(35)30-25(22)34)20-13-29-21-7-5-6-8-33(20)21/h5-8,11-13,15H,9-10,14H2,1-4H3,(H,30,34,35). The van der Waals surface area contributed by atoms with Crippen LogP contribution in [0, 0.1) is 6.92 Å². The number of aromatic nitrogens is 3. The van der Waals surface area contributed by atoms with Crippen molar-refractivity contribution in [3.63, 3.8) is 0 Å². The number of carbonyl (C=O) groups excluding carboxylic acids is 3. The molecule has 3 amide bonds. The number of pyridine rings is 1. The molecule has 0 unspecified atom stereocenters. The van der Waals surface area contributed by atoms with Crippen LogP contribution in [0.2, 0.25) is 0 Å². The second kappa shape index (κ2) is 8.06. The van der Waals surface area contributed by atoms with E-state index in [-0.39, 0.29) is 6.09 Å². The van der Waals surface area contributed by atoms with Gasteiger partial charge in [0.1, 0.15) is 11.2 Å². The highest BCUT2D eigenvalue weighted by Crippen LogP contribution is 2.38. The number of ether oxygens (including phenoxy) is 1. The molecule has 6 rings (SSSR count). The van der Waals surface area contributed by atoms with E-state index in [9.17, 15) is 14.4 Å². The number of nitrogens with one attached hydrogen (secondary N) is 1. The molecule has 0 saturated carbocycles. The summed E-state index contributed by atoms with van der Waals surface area (Å²) in [5.41, 5.74) is 4.90. The van der Waals surface area contributed by atoms with Crippen LogP contribution in [0.5, 0.6) is 0 Å². The lowest BCUT2D eigenvalue weighted by molar-refractivity contribution is -0.122. The topological polar surface area (TPSA) is 97.9 Å². The van der Waals surface area contributed by atoms with Gasteiger partial charge in [-0.25, -0.2) is 9.78 Å². The Labute approximate surface area is 213 Å². The molecule has 0 aliphatic carbocycles. The minimum absolute atomic E-state index is 0.304. The zero-order valence-corrected chi connectivity index (χ0v) is 21.2. The van der Waals surface area contributed by atoms with Crippen LogP contribution in [0.1, 0.15) is 43.2 Å². The summed E-state index contributed by atoms with van der Waals surface area (Å²) in [7, 11) is 0. The van der Waals surface area contributed by atoms with E-state index in [0.717, 1.165) is 22.0 Å². The van der Waals surface area contributed by atoms with Gasteiger partial charge in [0.05, 0.1) is 35.1 Å². The largest absolute Gasteiger partial charge is 0.444 e. The number of aryl methyl sites for hydroxylation is 1. The molecule has 4 aromatic rings. The van der Waals surface area contributed by atoms with Crippen molar-refractivity contribution in [2.24, 2.45) is 0 Å². The van der Waals surface area contributed by atoms with Crippen LogP contribution in [-0.2, 0) is 27.4 Å². The van der Waals surface area contributed by atoms with Crippen LogP contribution in [0.4, 0.5) is 4.79 Å². The van der Waals surface area contributed by atoms with Crippen LogP contribution in [-0.4, -0.2) is 48.9 Å². The molecule has 188 valence electrons. The fraction of sp³-hybridized carbons (Fsp3) is 0.286. The van der Waals surface area contributed by atoms with E-state index >= 15 is 0 Å². The Balaban J connectivity index is 1.52. The third-order valence-electron chi connectivity index (χ3n) is 6.69. The maximum absolute atomic E-state index is 13.2. The number of fused-ring (bicyclic) bond motifs is 1. The average molecular weight is 498 g/mol. The van der Waals surface area contributed by atoms with Gasteiger partial charge < -0.3 is 14.2 Å². The van der Waals surface area contributed by atoms with E-state index in [4.69, 9.17) is 4.74 Å². The third-order valence-corrected chi connectivity index (χ3v) is 6.69. The van der Waals surface area contributed by atoms with Crippen molar-refractivity contribution in [2.45, 2.75) is 46.4 Å². The van der Waals surface area contributed by atoms with Crippen molar-refractivity contribution >= 4 is 45.6 Å². The van der Waals surface area contributed by atoms with Gasteiger partial charge in [-0.3, -0.25) is 19.3 Å². The van der Waals surface area contributed by atoms with E-state index in [1.807, 2.05) is 68.8 Å². The number of hydrogen-bond acceptors (Lipinski definition) is 5. The lowest BCUT2D eigenvalue weighted by atomic mass is 9.97. The quantitative estimate of drug-likeness (QED) is 0.424. The predicted octanol–water partition coefficient (Wildman–Crippen LogP) is 3.92. The summed E-state index contributed by atoms with van der Waals surface area (Å²) in [5.74, 6) is -0.872. The average Bonchev–Trinajstić information content (AvgIpc) is 3.43. The number of imide groups is 1. The molecule has 0 radical (unpaired) electrons. The molecule has 3 aromatic heterocycles. The van der Waals surface area contributed by atoms with Crippen molar-refractivity contribution in [3.8, 4) is 0 Å². The summed E-state index contributed by atoms with van der Waals surface area (Å²) in [6.45, 7) is 8.92. The maximum atomic E-state index is 13.2. The van der Waals surface area contributed by atoms with Crippen LogP contribution in [0.15, 0.2) is 48.9 Å². The second-order valence-corrected chi connectivity index (χ2v) is 10.6. The molecule has 0 spiro atoms. The number of hydrogen-bond donors (Lipinski definition) is 1. The first-order valence-corrected chi connectivity index (χ1v) is 12.2. The number of rotatable bonds is 2. The van der Waals surface area contributed by atoms with Crippen LogP contribution in [0.3, 0.4) is 0 Å². The van der Waals surface area contributed by atoms with E-state index < -0.39 is 17.4 Å². The van der Waals surface area contributed by atoms with Gasteiger partial charge in [-0.1, -0.05) is 17.7 Å².